The maximum absolute atomic E-state index is 12.2. The van der Waals surface area contributed by atoms with Crippen molar-refractivity contribution < 1.29 is 13.9 Å². The van der Waals surface area contributed by atoms with Gasteiger partial charge in [0.25, 0.3) is 0 Å². The Morgan fingerprint density at radius 2 is 1.96 bits per heavy atom. The second kappa shape index (κ2) is 6.74. The number of carbonyl (C=O) groups is 1. The van der Waals surface area contributed by atoms with Gasteiger partial charge in [0, 0.05) is 16.8 Å². The smallest absolute Gasteiger partial charge is 0.247 e. The highest BCUT2D eigenvalue weighted by atomic mass is 16.5. The summed E-state index contributed by atoms with van der Waals surface area (Å²) in [6, 6.07) is 14.7. The summed E-state index contributed by atoms with van der Waals surface area (Å²) in [5.74, 6) is 1.03. The molecule has 3 aromatic rings. The fraction of sp³-hybridized carbons (Fsp3) is 0.118. The van der Waals surface area contributed by atoms with Gasteiger partial charge in [-0.25, -0.2) is 0 Å². The third kappa shape index (κ3) is 3.55. The molecule has 0 spiro atoms. The molecule has 6 nitrogen and oxygen atoms in total. The SMILES string of the molecule is COc1ccccc1CC(=O)Nc1ccc(-c2nnco2)cc1. The molecule has 0 saturated carbocycles. The molecule has 2 aromatic carbocycles. The average molecular weight is 309 g/mol. The molecule has 0 saturated heterocycles. The normalized spacial score (nSPS) is 10.3. The number of methoxy groups -OCH3 is 1. The zero-order chi connectivity index (χ0) is 16.1. The molecule has 0 aliphatic rings. The van der Waals surface area contributed by atoms with Crippen molar-refractivity contribution in [2.24, 2.45) is 0 Å². The van der Waals surface area contributed by atoms with E-state index in [-0.39, 0.29) is 12.3 Å². The predicted octanol–water partition coefficient (Wildman–Crippen LogP) is 2.93. The standard InChI is InChI=1S/C17H15N3O3/c1-22-15-5-3-2-4-13(15)10-16(21)19-14-8-6-12(7-9-14)17-20-18-11-23-17/h2-9,11H,10H2,1H3,(H,19,21). The number of para-hydroxylation sites is 1. The fourth-order valence-electron chi connectivity index (χ4n) is 2.22. The highest BCUT2D eigenvalue weighted by Crippen LogP contribution is 2.20. The van der Waals surface area contributed by atoms with E-state index >= 15 is 0 Å². The summed E-state index contributed by atoms with van der Waals surface area (Å²) in [4.78, 5) is 12.2. The quantitative estimate of drug-likeness (QED) is 0.784. The van der Waals surface area contributed by atoms with Gasteiger partial charge >= 0.3 is 0 Å². The Morgan fingerprint density at radius 3 is 2.65 bits per heavy atom. The van der Waals surface area contributed by atoms with E-state index in [4.69, 9.17) is 9.15 Å². The second-order valence-electron chi connectivity index (χ2n) is 4.86. The van der Waals surface area contributed by atoms with Crippen LogP contribution in [0.4, 0.5) is 5.69 Å². The lowest BCUT2D eigenvalue weighted by Crippen LogP contribution is -2.14. The molecule has 0 radical (unpaired) electrons. The topological polar surface area (TPSA) is 77.2 Å². The summed E-state index contributed by atoms with van der Waals surface area (Å²) in [6.45, 7) is 0. The minimum Gasteiger partial charge on any atom is -0.496 e. The summed E-state index contributed by atoms with van der Waals surface area (Å²) in [5, 5.41) is 10.3. The van der Waals surface area contributed by atoms with E-state index < -0.39 is 0 Å². The van der Waals surface area contributed by atoms with Gasteiger partial charge in [-0.2, -0.15) is 0 Å². The molecule has 23 heavy (non-hydrogen) atoms. The van der Waals surface area contributed by atoms with Gasteiger partial charge in [-0.1, -0.05) is 18.2 Å². The van der Waals surface area contributed by atoms with E-state index in [0.717, 1.165) is 11.1 Å². The average Bonchev–Trinajstić information content (AvgIpc) is 3.10. The van der Waals surface area contributed by atoms with Crippen molar-refractivity contribution in [1.82, 2.24) is 10.2 Å². The molecule has 0 bridgehead atoms. The lowest BCUT2D eigenvalue weighted by molar-refractivity contribution is -0.115. The van der Waals surface area contributed by atoms with Crippen molar-refractivity contribution in [2.75, 3.05) is 12.4 Å². The largest absolute Gasteiger partial charge is 0.496 e. The van der Waals surface area contributed by atoms with Gasteiger partial charge in [0.1, 0.15) is 5.75 Å². The molecule has 6 heteroatoms. The molecule has 3 rings (SSSR count). The molecule has 1 aromatic heterocycles. The first-order valence-corrected chi connectivity index (χ1v) is 7.04. The zero-order valence-corrected chi connectivity index (χ0v) is 12.5. The molecule has 0 fully saturated rings. The number of anilines is 1. The summed E-state index contributed by atoms with van der Waals surface area (Å²) in [7, 11) is 1.59. The van der Waals surface area contributed by atoms with Gasteiger partial charge in [-0.05, 0) is 30.3 Å². The van der Waals surface area contributed by atoms with E-state index in [1.807, 2.05) is 36.4 Å². The van der Waals surface area contributed by atoms with E-state index in [0.29, 0.717) is 17.3 Å². The molecule has 1 N–H and O–H groups in total. The summed E-state index contributed by atoms with van der Waals surface area (Å²) >= 11 is 0. The fourth-order valence-corrected chi connectivity index (χ4v) is 2.22. The number of ether oxygens (including phenoxy) is 1. The molecule has 1 heterocycles. The Hall–Kier alpha value is -3.15. The lowest BCUT2D eigenvalue weighted by Gasteiger charge is -2.09. The number of amides is 1. The highest BCUT2D eigenvalue weighted by molar-refractivity contribution is 5.92. The maximum Gasteiger partial charge on any atom is 0.247 e. The predicted molar refractivity (Wildman–Crippen MR) is 85.1 cm³/mol. The number of nitrogens with zero attached hydrogens (tertiary/aromatic N) is 2. The molecular formula is C17H15N3O3. The van der Waals surface area contributed by atoms with Crippen LogP contribution in [0.15, 0.2) is 59.3 Å². The van der Waals surface area contributed by atoms with Crippen LogP contribution in [0.3, 0.4) is 0 Å². The Bertz CT molecular complexity index is 783. The van der Waals surface area contributed by atoms with Crippen LogP contribution in [-0.4, -0.2) is 23.2 Å². The van der Waals surface area contributed by atoms with Gasteiger partial charge in [0.15, 0.2) is 0 Å². The van der Waals surface area contributed by atoms with E-state index in [9.17, 15) is 4.79 Å². The maximum atomic E-state index is 12.2. The number of nitrogens with one attached hydrogen (secondary N) is 1. The Morgan fingerprint density at radius 1 is 1.17 bits per heavy atom. The van der Waals surface area contributed by atoms with E-state index in [1.165, 1.54) is 6.39 Å². The van der Waals surface area contributed by atoms with Crippen LogP contribution in [0.25, 0.3) is 11.5 Å². The molecule has 0 atom stereocenters. The molecular weight excluding hydrogens is 294 g/mol. The van der Waals surface area contributed by atoms with Crippen LogP contribution >= 0.6 is 0 Å². The van der Waals surface area contributed by atoms with E-state index in [1.54, 1.807) is 19.2 Å². The monoisotopic (exact) mass is 309 g/mol. The van der Waals surface area contributed by atoms with Gasteiger partial charge in [-0.15, -0.1) is 10.2 Å². The van der Waals surface area contributed by atoms with Gasteiger partial charge in [0.05, 0.1) is 13.5 Å². The third-order valence-electron chi connectivity index (χ3n) is 3.32. The van der Waals surface area contributed by atoms with Gasteiger partial charge in [-0.3, -0.25) is 4.79 Å². The molecule has 0 aliphatic heterocycles. The minimum atomic E-state index is -0.111. The molecule has 1 amide bonds. The Labute approximate surface area is 133 Å². The third-order valence-corrected chi connectivity index (χ3v) is 3.32. The summed E-state index contributed by atoms with van der Waals surface area (Å²) in [6.07, 6.45) is 1.52. The number of aromatic nitrogens is 2. The summed E-state index contributed by atoms with van der Waals surface area (Å²) in [5.41, 5.74) is 2.34. The van der Waals surface area contributed by atoms with Crippen molar-refractivity contribution in [3.63, 3.8) is 0 Å². The van der Waals surface area contributed by atoms with Crippen LogP contribution < -0.4 is 10.1 Å². The molecule has 0 aliphatic carbocycles. The van der Waals surface area contributed by atoms with Crippen LogP contribution in [0.2, 0.25) is 0 Å². The summed E-state index contributed by atoms with van der Waals surface area (Å²) < 4.78 is 10.4. The van der Waals surface area contributed by atoms with Crippen molar-refractivity contribution in [3.8, 4) is 17.2 Å². The van der Waals surface area contributed by atoms with Crippen LogP contribution in [0, 0.1) is 0 Å². The van der Waals surface area contributed by atoms with Crippen LogP contribution in [0.1, 0.15) is 5.56 Å². The zero-order valence-electron chi connectivity index (χ0n) is 12.5. The minimum absolute atomic E-state index is 0.111. The Kier molecular flexibility index (Phi) is 4.33. The number of hydrogen-bond acceptors (Lipinski definition) is 5. The molecule has 116 valence electrons. The van der Waals surface area contributed by atoms with Crippen molar-refractivity contribution in [3.05, 3.63) is 60.5 Å². The highest BCUT2D eigenvalue weighted by Gasteiger charge is 2.09. The first-order valence-electron chi connectivity index (χ1n) is 7.04. The van der Waals surface area contributed by atoms with Crippen LogP contribution in [-0.2, 0) is 11.2 Å². The Balaban J connectivity index is 1.66. The molecule has 0 unspecified atom stereocenters. The number of carbonyl (C=O) groups excluding carboxylic acids is 1. The van der Waals surface area contributed by atoms with Crippen molar-refractivity contribution in [2.45, 2.75) is 6.42 Å². The van der Waals surface area contributed by atoms with Crippen molar-refractivity contribution in [1.29, 1.82) is 0 Å². The number of rotatable bonds is 5. The first kappa shape index (κ1) is 14.8. The van der Waals surface area contributed by atoms with Crippen LogP contribution in [0.5, 0.6) is 5.75 Å². The second-order valence-corrected chi connectivity index (χ2v) is 4.86. The first-order chi connectivity index (χ1) is 11.3. The number of hydrogen-bond donors (Lipinski definition) is 1. The lowest BCUT2D eigenvalue weighted by atomic mass is 10.1. The van der Waals surface area contributed by atoms with Crippen molar-refractivity contribution >= 4 is 11.6 Å². The van der Waals surface area contributed by atoms with Gasteiger partial charge in [0.2, 0.25) is 18.2 Å². The van der Waals surface area contributed by atoms with Gasteiger partial charge < -0.3 is 14.5 Å². The number of benzene rings is 2. The van der Waals surface area contributed by atoms with E-state index in [2.05, 4.69) is 15.5 Å².